The smallest absolute Gasteiger partial charge is 0.661 e. The summed E-state index contributed by atoms with van der Waals surface area (Å²) in [5.41, 5.74) is 9.88. The van der Waals surface area contributed by atoms with Crippen LogP contribution in [-0.4, -0.2) is 18.0 Å². The van der Waals surface area contributed by atoms with Gasteiger partial charge in [-0.05, 0) is 82.8 Å². The standard InChI is InChI=1S/C42H26FN3S2.C20H28NSi.Ir/c1-23-22-31-28-14-8-9-15-35(28)47-39(31)24(2)37(23)46-38-27-13-7-6-10-25(27)16-20-34(38)44-41(46)30-17-19-32(43)36-29-18-21-33(26-11-4-3-5-12-26)45-42(29)48-40(30)36;1-15-8-10-16(11-9-15)18-12-17(13-20(2,3)4)19(14-21-18)22(5,6)7;/h3-16,18-22,41H,1-2H3;8-10,12,14H,13H2,1-7H3;/q-2;-1;+3/i;1D3,13D2;. The monoisotopic (exact) mass is 1160 g/mol. The van der Waals surface area contributed by atoms with Crippen LogP contribution < -0.4 is 10.1 Å². The van der Waals surface area contributed by atoms with E-state index >= 15 is 4.39 Å². The number of hydrogen-bond acceptors (Lipinski definition) is 5. The van der Waals surface area contributed by atoms with Crippen molar-refractivity contribution < 1.29 is 31.3 Å². The number of rotatable bonds is 6. The van der Waals surface area contributed by atoms with Gasteiger partial charge in [-0.3, -0.25) is 4.39 Å². The van der Waals surface area contributed by atoms with Crippen molar-refractivity contribution in [2.24, 2.45) is 5.41 Å². The zero-order valence-electron chi connectivity index (χ0n) is 45.8. The van der Waals surface area contributed by atoms with Crippen molar-refractivity contribution in [2.45, 2.75) is 73.7 Å². The van der Waals surface area contributed by atoms with E-state index in [0.29, 0.717) is 22.2 Å². The van der Waals surface area contributed by atoms with Crippen LogP contribution in [0.1, 0.15) is 61.6 Å². The molecule has 0 aliphatic carbocycles. The molecule has 1 atom stereocenters. The fourth-order valence-electron chi connectivity index (χ4n) is 9.82. The number of aryl methyl sites for hydroxylation is 3. The van der Waals surface area contributed by atoms with Gasteiger partial charge in [0.1, 0.15) is 4.83 Å². The van der Waals surface area contributed by atoms with Crippen LogP contribution in [0.4, 0.5) is 21.5 Å². The minimum atomic E-state index is -2.17. The van der Waals surface area contributed by atoms with E-state index in [1.807, 2.05) is 68.5 Å². The van der Waals surface area contributed by atoms with Gasteiger partial charge in [-0.1, -0.05) is 160 Å². The third-order valence-corrected chi connectivity index (χ3v) is 17.4. The van der Waals surface area contributed by atoms with E-state index in [4.69, 9.17) is 17.2 Å². The molecule has 5 heterocycles. The molecule has 0 spiro atoms. The van der Waals surface area contributed by atoms with Crippen molar-refractivity contribution in [3.8, 4) is 22.5 Å². The second-order valence-corrected chi connectivity index (χ2v) is 27.3. The maximum atomic E-state index is 15.8. The van der Waals surface area contributed by atoms with Crippen molar-refractivity contribution in [2.75, 3.05) is 4.90 Å². The summed E-state index contributed by atoms with van der Waals surface area (Å²) in [6.45, 7) is 14.5. The molecule has 0 bridgehead atoms. The van der Waals surface area contributed by atoms with Crippen LogP contribution in [0.15, 0.2) is 146 Å². The summed E-state index contributed by atoms with van der Waals surface area (Å²) in [6, 6.07) is 52.3. The maximum absolute atomic E-state index is 15.8. The molecule has 1 aliphatic heterocycles. The summed E-state index contributed by atoms with van der Waals surface area (Å²) >= 11 is 3.36. The van der Waals surface area contributed by atoms with Gasteiger partial charge in [-0.25, -0.2) is 4.98 Å². The van der Waals surface area contributed by atoms with Crippen molar-refractivity contribution in [1.29, 1.82) is 0 Å². The molecule has 11 aromatic rings. The molecule has 71 heavy (non-hydrogen) atoms. The number of benzene rings is 7. The molecule has 0 fully saturated rings. The molecule has 0 radical (unpaired) electrons. The van der Waals surface area contributed by atoms with Gasteiger partial charge in [-0.2, -0.15) is 17.4 Å². The molecule has 12 rings (SSSR count). The number of nitrogens with zero attached hydrogens (tertiary/aromatic N) is 4. The van der Waals surface area contributed by atoms with Crippen LogP contribution in [0.5, 0.6) is 0 Å². The molecule has 9 heteroatoms. The number of pyridine rings is 2. The molecule has 4 nitrogen and oxygen atoms in total. The third-order valence-electron chi connectivity index (χ3n) is 13.0. The minimum absolute atomic E-state index is 0. The first-order valence-corrected chi connectivity index (χ1v) is 28.7. The Morgan fingerprint density at radius 1 is 0.775 bits per heavy atom. The third kappa shape index (κ3) is 9.02. The number of fused-ring (bicyclic) bond motifs is 9. The van der Waals surface area contributed by atoms with Crippen LogP contribution >= 0.6 is 22.7 Å². The number of hydrogen-bond donors (Lipinski definition) is 0. The van der Waals surface area contributed by atoms with Gasteiger partial charge in [0.25, 0.3) is 0 Å². The first-order valence-electron chi connectivity index (χ1n) is 26.1. The Bertz CT molecular complexity index is 4030. The van der Waals surface area contributed by atoms with Gasteiger partial charge in [0, 0.05) is 61.4 Å². The van der Waals surface area contributed by atoms with Gasteiger partial charge >= 0.3 is 20.1 Å². The predicted octanol–water partition coefficient (Wildman–Crippen LogP) is 18.0. The molecule has 4 aromatic heterocycles. The SMILES string of the molecule is Cc1cc2c(sc3ccccc32)c(C)c1N1c2c(ccc3ccccc23)[N-]C1c1[c-]cc(F)c2c1sc1nc(-c3ccccc3)ccc12.[2H]C([2H])([2H])c1c[c-]c(-c2cc(C([2H])([2H])C(C)(C)C)c([Si](C)(C)C)cn2)cc1.[Ir+3]. The van der Waals surface area contributed by atoms with E-state index < -0.39 is 32.9 Å². The number of aromatic nitrogens is 2. The first kappa shape index (κ1) is 42.6. The molecule has 1 unspecified atom stereocenters. The zero-order valence-corrected chi connectivity index (χ0v) is 45.8. The molecule has 0 saturated heterocycles. The van der Waals surface area contributed by atoms with Crippen LogP contribution in [-0.2, 0) is 26.5 Å². The Balaban J connectivity index is 0.000000201. The number of thiophene rings is 2. The van der Waals surface area contributed by atoms with E-state index in [0.717, 1.165) is 64.8 Å². The summed E-state index contributed by atoms with van der Waals surface area (Å²) in [4.78, 5) is 12.8. The van der Waals surface area contributed by atoms with E-state index in [2.05, 4.69) is 134 Å². The van der Waals surface area contributed by atoms with Crippen LogP contribution in [0.2, 0.25) is 19.6 Å². The average molecular weight is 1160 g/mol. The molecule has 0 saturated carbocycles. The molecule has 1 aliphatic rings. The number of halogens is 1. The van der Waals surface area contributed by atoms with E-state index in [-0.39, 0.29) is 31.5 Å². The van der Waals surface area contributed by atoms with Crippen molar-refractivity contribution in [3.05, 3.63) is 197 Å². The molecule has 0 N–H and O–H groups in total. The molecule has 0 amide bonds. The van der Waals surface area contributed by atoms with Crippen molar-refractivity contribution in [1.82, 2.24) is 9.97 Å². The Labute approximate surface area is 446 Å². The van der Waals surface area contributed by atoms with Crippen molar-refractivity contribution >= 4 is 104 Å². The second kappa shape index (κ2) is 18.8. The fraction of sp³-hybridized carbons (Fsp3) is 0.194. The Kier molecular flexibility index (Phi) is 11.3. The van der Waals surface area contributed by atoms with Crippen LogP contribution in [0, 0.1) is 44.1 Å². The van der Waals surface area contributed by atoms with Gasteiger partial charge in [0.05, 0.1) is 13.8 Å². The minimum Gasteiger partial charge on any atom is -0.661 e. The van der Waals surface area contributed by atoms with Gasteiger partial charge < -0.3 is 15.2 Å². The largest absolute Gasteiger partial charge is 3.00 e. The van der Waals surface area contributed by atoms with Gasteiger partial charge in [0.2, 0.25) is 0 Å². The summed E-state index contributed by atoms with van der Waals surface area (Å²) < 4.78 is 59.3. The topological polar surface area (TPSA) is 43.1 Å². The maximum Gasteiger partial charge on any atom is 3.00 e. The van der Waals surface area contributed by atoms with Gasteiger partial charge in [-0.15, -0.1) is 64.0 Å². The fourth-order valence-corrected chi connectivity index (χ4v) is 13.6. The molecule has 354 valence electrons. The quantitative estimate of drug-likeness (QED) is 0.123. The average Bonchev–Trinajstić information content (AvgIpc) is 4.14. The zero-order chi connectivity index (χ0) is 52.9. The predicted molar refractivity (Wildman–Crippen MR) is 301 cm³/mol. The Morgan fingerprint density at radius 3 is 2.28 bits per heavy atom. The van der Waals surface area contributed by atoms with Gasteiger partial charge in [0.15, 0.2) is 0 Å². The van der Waals surface area contributed by atoms with Crippen LogP contribution in [0.25, 0.3) is 79.1 Å². The first-order chi connectivity index (χ1) is 35.6. The summed E-state index contributed by atoms with van der Waals surface area (Å²) in [7, 11) is -1.81. The summed E-state index contributed by atoms with van der Waals surface area (Å²) in [5.74, 6) is -0.291. The Morgan fingerprint density at radius 2 is 1.54 bits per heavy atom. The van der Waals surface area contributed by atoms with E-state index in [1.165, 1.54) is 54.8 Å². The summed E-state index contributed by atoms with van der Waals surface area (Å²) in [6.07, 6.45) is -0.176. The van der Waals surface area contributed by atoms with E-state index in [9.17, 15) is 0 Å². The van der Waals surface area contributed by atoms with Crippen molar-refractivity contribution in [3.63, 3.8) is 0 Å². The Hall–Kier alpha value is -6.06. The molecular weight excluding hydrogens is 1100 g/mol. The number of anilines is 2. The molecular formula is C62H54FIrN4S2Si. The van der Waals surface area contributed by atoms with Crippen LogP contribution in [0.3, 0.4) is 0 Å². The normalized spacial score (nSPS) is 15.1. The second-order valence-electron chi connectivity index (χ2n) is 20.2. The van der Waals surface area contributed by atoms with E-state index in [1.54, 1.807) is 18.3 Å². The molecule has 7 aromatic carbocycles. The summed E-state index contributed by atoms with van der Waals surface area (Å²) in [5, 5.41) is 12.7.